The Balaban J connectivity index is 2.41. The van der Waals surface area contributed by atoms with Gasteiger partial charge in [0, 0.05) is 21.8 Å². The number of carbonyl (C=O) groups is 2. The van der Waals surface area contributed by atoms with Gasteiger partial charge in [0.15, 0.2) is 5.78 Å². The molecule has 1 heterocycles. The Morgan fingerprint density at radius 1 is 1.28 bits per heavy atom. The molecule has 0 amide bonds. The summed E-state index contributed by atoms with van der Waals surface area (Å²) in [4.78, 5) is 25.4. The molecule has 0 bridgehead atoms. The van der Waals surface area contributed by atoms with E-state index in [1.54, 1.807) is 18.2 Å². The van der Waals surface area contributed by atoms with Gasteiger partial charge in [-0.2, -0.15) is 0 Å². The van der Waals surface area contributed by atoms with E-state index in [1.165, 1.54) is 12.3 Å². The van der Waals surface area contributed by atoms with Crippen molar-refractivity contribution in [3.8, 4) is 0 Å². The molecule has 2 rings (SSSR count). The summed E-state index contributed by atoms with van der Waals surface area (Å²) in [6.45, 7) is 0. The van der Waals surface area contributed by atoms with Crippen LogP contribution in [0.3, 0.4) is 0 Å². The lowest BCUT2D eigenvalue weighted by Gasteiger charge is -2.02. The molecule has 92 valence electrons. The average molecular weight is 329 g/mol. The molecule has 4 nitrogen and oxygen atoms in total. The number of carboxylic acid groups (broad SMARTS) is 1. The Labute approximate surface area is 116 Å². The highest BCUT2D eigenvalue weighted by atomic mass is 79.9. The van der Waals surface area contributed by atoms with Crippen LogP contribution in [0.1, 0.15) is 26.4 Å². The van der Waals surface area contributed by atoms with Gasteiger partial charge in [-0.3, -0.25) is 4.79 Å². The number of H-pyrrole nitrogens is 1. The van der Waals surface area contributed by atoms with Crippen LogP contribution in [-0.2, 0) is 0 Å². The van der Waals surface area contributed by atoms with Crippen LogP contribution < -0.4 is 0 Å². The van der Waals surface area contributed by atoms with E-state index in [4.69, 9.17) is 16.7 Å². The summed E-state index contributed by atoms with van der Waals surface area (Å²) in [7, 11) is 0. The van der Waals surface area contributed by atoms with E-state index in [2.05, 4.69) is 20.9 Å². The number of hydrogen-bond donors (Lipinski definition) is 2. The maximum Gasteiger partial charge on any atom is 0.352 e. The van der Waals surface area contributed by atoms with Gasteiger partial charge in [-0.15, -0.1) is 0 Å². The van der Waals surface area contributed by atoms with Crippen LogP contribution in [-0.4, -0.2) is 21.8 Å². The van der Waals surface area contributed by atoms with Crippen molar-refractivity contribution in [3.05, 3.63) is 56.8 Å². The van der Waals surface area contributed by atoms with E-state index in [-0.39, 0.29) is 17.0 Å². The Bertz CT molecular complexity index is 636. The lowest BCUT2D eigenvalue weighted by atomic mass is 10.1. The van der Waals surface area contributed by atoms with Crippen LogP contribution in [0.25, 0.3) is 0 Å². The first-order chi connectivity index (χ1) is 8.49. The number of aromatic carboxylic acids is 1. The highest BCUT2D eigenvalue weighted by Gasteiger charge is 2.16. The van der Waals surface area contributed by atoms with E-state index >= 15 is 0 Å². The second-order valence-corrected chi connectivity index (χ2v) is 4.88. The Morgan fingerprint density at radius 3 is 2.61 bits per heavy atom. The zero-order valence-corrected chi connectivity index (χ0v) is 11.2. The fourth-order valence-corrected chi connectivity index (χ4v) is 2.04. The van der Waals surface area contributed by atoms with Gasteiger partial charge >= 0.3 is 5.97 Å². The number of rotatable bonds is 3. The van der Waals surface area contributed by atoms with Gasteiger partial charge in [0.05, 0.1) is 5.02 Å². The van der Waals surface area contributed by atoms with Gasteiger partial charge in [0.2, 0.25) is 0 Å². The number of hydrogen-bond acceptors (Lipinski definition) is 2. The Hall–Kier alpha value is -1.59. The van der Waals surface area contributed by atoms with E-state index in [9.17, 15) is 9.59 Å². The molecule has 2 N–H and O–H groups in total. The number of carboxylic acids is 1. The zero-order valence-electron chi connectivity index (χ0n) is 8.91. The third kappa shape index (κ3) is 2.47. The maximum absolute atomic E-state index is 12.1. The molecule has 0 radical (unpaired) electrons. The molecule has 0 aliphatic carbocycles. The largest absolute Gasteiger partial charge is 0.477 e. The number of benzene rings is 1. The summed E-state index contributed by atoms with van der Waals surface area (Å²) in [6.07, 6.45) is 1.35. The summed E-state index contributed by atoms with van der Waals surface area (Å²) in [5.41, 5.74) is 0.541. The van der Waals surface area contributed by atoms with Crippen molar-refractivity contribution in [1.82, 2.24) is 4.98 Å². The molecule has 0 aliphatic heterocycles. The monoisotopic (exact) mass is 327 g/mol. The molecule has 0 saturated heterocycles. The molecule has 0 unspecified atom stereocenters. The number of aromatic nitrogens is 1. The minimum atomic E-state index is -1.12. The highest BCUT2D eigenvalue weighted by Crippen LogP contribution is 2.23. The van der Waals surface area contributed by atoms with Gasteiger partial charge < -0.3 is 10.1 Å². The first-order valence-electron chi connectivity index (χ1n) is 4.90. The van der Waals surface area contributed by atoms with Gasteiger partial charge in [-0.1, -0.05) is 27.5 Å². The first-order valence-corrected chi connectivity index (χ1v) is 6.07. The van der Waals surface area contributed by atoms with Crippen LogP contribution in [0.4, 0.5) is 0 Å². The quantitative estimate of drug-likeness (QED) is 0.849. The van der Waals surface area contributed by atoms with Crippen LogP contribution >= 0.6 is 27.5 Å². The molecule has 18 heavy (non-hydrogen) atoms. The molecule has 0 saturated carbocycles. The van der Waals surface area contributed by atoms with Crippen LogP contribution in [0.15, 0.2) is 34.9 Å². The predicted molar refractivity (Wildman–Crippen MR) is 70.3 cm³/mol. The number of halogens is 2. The SMILES string of the molecule is O=C(O)c1cc(C(=O)c2cc(Br)ccc2Cl)c[nH]1. The minimum absolute atomic E-state index is 0.0375. The van der Waals surface area contributed by atoms with Gasteiger partial charge in [0.25, 0.3) is 0 Å². The van der Waals surface area contributed by atoms with E-state index in [1.807, 2.05) is 0 Å². The molecule has 2 aromatic rings. The normalized spacial score (nSPS) is 10.3. The molecule has 0 spiro atoms. The average Bonchev–Trinajstić information content (AvgIpc) is 2.81. The van der Waals surface area contributed by atoms with E-state index < -0.39 is 5.97 Å². The standard InChI is InChI=1S/C12H7BrClNO3/c13-7-1-2-9(14)8(4-7)11(16)6-3-10(12(17)18)15-5-6/h1-5,15H,(H,17,18). The van der Waals surface area contributed by atoms with Gasteiger partial charge in [-0.25, -0.2) is 4.79 Å². The smallest absolute Gasteiger partial charge is 0.352 e. The zero-order chi connectivity index (χ0) is 13.3. The summed E-state index contributed by atoms with van der Waals surface area (Å²) in [6, 6.07) is 6.20. The Kier molecular flexibility index (Phi) is 3.54. The van der Waals surface area contributed by atoms with Crippen molar-refractivity contribution in [1.29, 1.82) is 0 Å². The maximum atomic E-state index is 12.1. The summed E-state index contributed by atoms with van der Waals surface area (Å²) >= 11 is 9.19. The van der Waals surface area contributed by atoms with Crippen molar-refractivity contribution in [2.75, 3.05) is 0 Å². The molecule has 1 aromatic heterocycles. The van der Waals surface area contributed by atoms with E-state index in [0.29, 0.717) is 10.6 Å². The molecule has 0 fully saturated rings. The number of ketones is 1. The minimum Gasteiger partial charge on any atom is -0.477 e. The first kappa shape index (κ1) is 12.9. The van der Waals surface area contributed by atoms with Crippen molar-refractivity contribution in [3.63, 3.8) is 0 Å². The second-order valence-electron chi connectivity index (χ2n) is 3.56. The fraction of sp³-hybridized carbons (Fsp3) is 0. The molecule has 0 atom stereocenters. The lowest BCUT2D eigenvalue weighted by molar-refractivity contribution is 0.0691. The number of carbonyl (C=O) groups excluding carboxylic acids is 1. The second kappa shape index (κ2) is 4.96. The molecule has 1 aromatic carbocycles. The molecular weight excluding hydrogens is 321 g/mol. The van der Waals surface area contributed by atoms with Crippen molar-refractivity contribution >= 4 is 39.3 Å². The molecule has 0 aliphatic rings. The summed E-state index contributed by atoms with van der Waals surface area (Å²) in [5, 5.41) is 9.09. The van der Waals surface area contributed by atoms with Crippen molar-refractivity contribution in [2.45, 2.75) is 0 Å². The van der Waals surface area contributed by atoms with Gasteiger partial charge in [-0.05, 0) is 24.3 Å². The van der Waals surface area contributed by atoms with Gasteiger partial charge in [0.1, 0.15) is 5.69 Å². The van der Waals surface area contributed by atoms with Crippen LogP contribution in [0.5, 0.6) is 0 Å². The predicted octanol–water partition coefficient (Wildman–Crippen LogP) is 3.36. The Morgan fingerprint density at radius 2 is 2.00 bits per heavy atom. The highest BCUT2D eigenvalue weighted by molar-refractivity contribution is 9.10. The number of nitrogens with one attached hydrogen (secondary N) is 1. The van der Waals surface area contributed by atoms with Crippen molar-refractivity contribution in [2.24, 2.45) is 0 Å². The van der Waals surface area contributed by atoms with Crippen LogP contribution in [0.2, 0.25) is 5.02 Å². The number of aromatic amines is 1. The molecular formula is C12H7BrClNO3. The third-order valence-electron chi connectivity index (χ3n) is 2.35. The topological polar surface area (TPSA) is 70.2 Å². The summed E-state index contributed by atoms with van der Waals surface area (Å²) < 4.78 is 0.726. The van der Waals surface area contributed by atoms with Crippen molar-refractivity contribution < 1.29 is 14.7 Å². The third-order valence-corrected chi connectivity index (χ3v) is 3.17. The van der Waals surface area contributed by atoms with E-state index in [0.717, 1.165) is 4.47 Å². The summed E-state index contributed by atoms with van der Waals surface area (Å²) in [5.74, 6) is -1.44. The lowest BCUT2D eigenvalue weighted by Crippen LogP contribution is -2.01. The van der Waals surface area contributed by atoms with Crippen LogP contribution in [0, 0.1) is 0 Å². The molecule has 6 heteroatoms. The fourth-order valence-electron chi connectivity index (χ4n) is 1.48.